The Bertz CT molecular complexity index is 352. The average molecular weight is 222 g/mol. The fraction of sp³-hybridized carbons (Fsp3) is 0.400. The zero-order chi connectivity index (χ0) is 11.9. The minimum atomic E-state index is -4.00. The third kappa shape index (κ3) is 2.12. The van der Waals surface area contributed by atoms with Gasteiger partial charge >= 0.3 is 12.2 Å². The molecule has 5 heteroatoms. The maximum Gasteiger partial charge on any atom is 0.388 e. The van der Waals surface area contributed by atoms with E-state index >= 15 is 0 Å². The Hall–Kier alpha value is -1.10. The van der Waals surface area contributed by atoms with Gasteiger partial charge in [0.2, 0.25) is 0 Å². The molecule has 0 aliphatic carbocycles. The van der Waals surface area contributed by atoms with Crippen molar-refractivity contribution in [2.45, 2.75) is 26.1 Å². The molecule has 0 aromatic heterocycles. The van der Waals surface area contributed by atoms with Crippen LogP contribution in [0.3, 0.4) is 0 Å². The molecule has 0 aromatic carbocycles. The van der Waals surface area contributed by atoms with Crippen LogP contribution in [0.4, 0.5) is 17.6 Å². The number of allylic oxidation sites excluding steroid dienone is 3. The van der Waals surface area contributed by atoms with E-state index in [4.69, 9.17) is 0 Å². The van der Waals surface area contributed by atoms with Crippen molar-refractivity contribution in [2.75, 3.05) is 0 Å². The van der Waals surface area contributed by atoms with Gasteiger partial charge in [-0.3, -0.25) is 0 Å². The molecular formula is C10H10F4O. The highest BCUT2D eigenvalue weighted by atomic mass is 19.3. The molecule has 0 unspecified atom stereocenters. The monoisotopic (exact) mass is 222 g/mol. The van der Waals surface area contributed by atoms with Crippen molar-refractivity contribution in [1.82, 2.24) is 0 Å². The van der Waals surface area contributed by atoms with E-state index in [1.54, 1.807) is 6.92 Å². The molecule has 1 nitrogen and oxygen atoms in total. The minimum Gasteiger partial charge on any atom is -0.247 e. The van der Waals surface area contributed by atoms with E-state index < -0.39 is 23.4 Å². The Morgan fingerprint density at radius 2 is 1.80 bits per heavy atom. The fourth-order valence-corrected chi connectivity index (χ4v) is 1.09. The van der Waals surface area contributed by atoms with E-state index in [0.717, 1.165) is 6.08 Å². The van der Waals surface area contributed by atoms with Crippen LogP contribution in [-0.2, 0) is 4.74 Å². The van der Waals surface area contributed by atoms with Crippen LogP contribution in [0.5, 0.6) is 0 Å². The Morgan fingerprint density at radius 1 is 1.27 bits per heavy atom. The molecule has 15 heavy (non-hydrogen) atoms. The van der Waals surface area contributed by atoms with Gasteiger partial charge in [0.25, 0.3) is 0 Å². The Balaban J connectivity index is 3.19. The highest BCUT2D eigenvalue weighted by Crippen LogP contribution is 2.49. The molecule has 1 aliphatic rings. The van der Waals surface area contributed by atoms with Crippen LogP contribution in [0.1, 0.15) is 13.8 Å². The lowest BCUT2D eigenvalue weighted by Gasteiger charge is -2.09. The van der Waals surface area contributed by atoms with E-state index in [-0.39, 0.29) is 0 Å². The van der Waals surface area contributed by atoms with Crippen LogP contribution >= 0.6 is 0 Å². The molecular weight excluding hydrogens is 212 g/mol. The third-order valence-electron chi connectivity index (χ3n) is 2.07. The van der Waals surface area contributed by atoms with Crippen molar-refractivity contribution in [3.8, 4) is 0 Å². The first-order valence-corrected chi connectivity index (χ1v) is 4.21. The standard InChI is InChI=1S/C10H10F4O/c1-4-6(2)5-8-7(3)9(11,12)15-10(8,13)14/h4-5H,3H2,1-2H3/b6-4-,8-5+. The van der Waals surface area contributed by atoms with Crippen molar-refractivity contribution in [3.63, 3.8) is 0 Å². The first-order chi connectivity index (χ1) is 6.70. The van der Waals surface area contributed by atoms with Gasteiger partial charge < -0.3 is 0 Å². The van der Waals surface area contributed by atoms with Crippen molar-refractivity contribution < 1.29 is 22.3 Å². The molecule has 0 saturated carbocycles. The predicted molar refractivity (Wildman–Crippen MR) is 47.6 cm³/mol. The van der Waals surface area contributed by atoms with Gasteiger partial charge in [0, 0.05) is 0 Å². The van der Waals surface area contributed by atoms with E-state index in [2.05, 4.69) is 11.3 Å². The second-order valence-corrected chi connectivity index (χ2v) is 3.20. The zero-order valence-electron chi connectivity index (χ0n) is 8.28. The van der Waals surface area contributed by atoms with Crippen LogP contribution in [-0.4, -0.2) is 12.2 Å². The number of alkyl halides is 4. The highest BCUT2D eigenvalue weighted by Gasteiger charge is 2.59. The molecule has 84 valence electrons. The smallest absolute Gasteiger partial charge is 0.247 e. The van der Waals surface area contributed by atoms with Gasteiger partial charge in [-0.25, -0.2) is 4.74 Å². The first kappa shape index (κ1) is 12.0. The summed E-state index contributed by atoms with van der Waals surface area (Å²) in [4.78, 5) is 0. The number of halogens is 4. The van der Waals surface area contributed by atoms with Gasteiger partial charge in [-0.1, -0.05) is 18.2 Å². The Morgan fingerprint density at radius 3 is 2.13 bits per heavy atom. The van der Waals surface area contributed by atoms with Crippen molar-refractivity contribution in [1.29, 1.82) is 0 Å². The SMILES string of the molecule is C=C1/C(=C\C(C)=C/C)C(F)(F)OC1(F)F. The van der Waals surface area contributed by atoms with Crippen LogP contribution in [0.2, 0.25) is 0 Å². The molecule has 0 aromatic rings. The molecule has 0 radical (unpaired) electrons. The summed E-state index contributed by atoms with van der Waals surface area (Å²) < 4.78 is 54.9. The van der Waals surface area contributed by atoms with E-state index in [0.29, 0.717) is 5.57 Å². The summed E-state index contributed by atoms with van der Waals surface area (Å²) in [5, 5.41) is 0. The predicted octanol–water partition coefficient (Wildman–Crippen LogP) is 3.65. The second kappa shape index (κ2) is 3.48. The molecule has 1 heterocycles. The van der Waals surface area contributed by atoms with E-state index in [1.807, 2.05) is 0 Å². The van der Waals surface area contributed by atoms with Gasteiger partial charge in [0.05, 0.1) is 11.1 Å². The fourth-order valence-electron chi connectivity index (χ4n) is 1.09. The van der Waals surface area contributed by atoms with E-state index in [9.17, 15) is 17.6 Å². The summed E-state index contributed by atoms with van der Waals surface area (Å²) in [6, 6.07) is 0. The molecule has 1 saturated heterocycles. The summed E-state index contributed by atoms with van der Waals surface area (Å²) in [6.07, 6.45) is -5.51. The number of rotatable bonds is 1. The Kier molecular flexibility index (Phi) is 2.78. The molecule has 1 aliphatic heterocycles. The summed E-state index contributed by atoms with van der Waals surface area (Å²) in [5.41, 5.74) is -1.43. The van der Waals surface area contributed by atoms with Crippen LogP contribution in [0.25, 0.3) is 0 Å². The highest BCUT2D eigenvalue weighted by molar-refractivity contribution is 5.44. The molecule has 1 fully saturated rings. The normalized spacial score (nSPS) is 27.5. The van der Waals surface area contributed by atoms with Crippen molar-refractivity contribution >= 4 is 0 Å². The first-order valence-electron chi connectivity index (χ1n) is 4.21. The summed E-state index contributed by atoms with van der Waals surface area (Å²) in [6.45, 7) is 6.05. The van der Waals surface area contributed by atoms with Gasteiger partial charge in [0.1, 0.15) is 0 Å². The van der Waals surface area contributed by atoms with Crippen LogP contribution in [0.15, 0.2) is 35.5 Å². The third-order valence-corrected chi connectivity index (χ3v) is 2.07. The van der Waals surface area contributed by atoms with E-state index in [1.165, 1.54) is 13.0 Å². The topological polar surface area (TPSA) is 9.23 Å². The molecule has 0 N–H and O–H groups in total. The molecule has 0 amide bonds. The molecule has 0 atom stereocenters. The van der Waals surface area contributed by atoms with Gasteiger partial charge in [-0.05, 0) is 19.9 Å². The lowest BCUT2D eigenvalue weighted by molar-refractivity contribution is -0.313. The molecule has 0 bridgehead atoms. The number of ether oxygens (including phenoxy) is 1. The zero-order valence-corrected chi connectivity index (χ0v) is 8.28. The summed E-state index contributed by atoms with van der Waals surface area (Å²) in [5.74, 6) is 0. The van der Waals surface area contributed by atoms with Crippen molar-refractivity contribution in [3.05, 3.63) is 35.5 Å². The second-order valence-electron chi connectivity index (χ2n) is 3.20. The van der Waals surface area contributed by atoms with Crippen LogP contribution in [0, 0.1) is 0 Å². The molecule has 1 rings (SSSR count). The largest absolute Gasteiger partial charge is 0.388 e. The lowest BCUT2D eigenvalue weighted by atomic mass is 10.1. The lowest BCUT2D eigenvalue weighted by Crippen LogP contribution is -2.21. The summed E-state index contributed by atoms with van der Waals surface area (Å²) in [7, 11) is 0. The number of hydrogen-bond acceptors (Lipinski definition) is 1. The van der Waals surface area contributed by atoms with Crippen molar-refractivity contribution in [2.24, 2.45) is 0 Å². The van der Waals surface area contributed by atoms with Gasteiger partial charge in [0.15, 0.2) is 0 Å². The maximum absolute atomic E-state index is 13.0. The average Bonchev–Trinajstić information content (AvgIpc) is 2.23. The van der Waals surface area contributed by atoms with Gasteiger partial charge in [-0.15, -0.1) is 0 Å². The number of hydrogen-bond donors (Lipinski definition) is 0. The molecule has 0 spiro atoms. The Labute approximate surface area is 84.7 Å². The quantitative estimate of drug-likeness (QED) is 0.615. The maximum atomic E-state index is 13.0. The van der Waals surface area contributed by atoms with Crippen LogP contribution < -0.4 is 0 Å². The van der Waals surface area contributed by atoms with Gasteiger partial charge in [-0.2, -0.15) is 17.6 Å². The minimum absolute atomic E-state index is 0.437. The summed E-state index contributed by atoms with van der Waals surface area (Å²) >= 11 is 0.